The second-order valence-electron chi connectivity index (χ2n) is 4.45. The normalized spacial score (nSPS) is 10.9. The van der Waals surface area contributed by atoms with Gasteiger partial charge in [0.25, 0.3) is 10.0 Å². The molecule has 0 saturated carbocycles. The van der Waals surface area contributed by atoms with Crippen LogP contribution in [0.1, 0.15) is 0 Å². The lowest BCUT2D eigenvalue weighted by atomic mass is 10.3. The predicted molar refractivity (Wildman–Crippen MR) is 88.3 cm³/mol. The van der Waals surface area contributed by atoms with E-state index in [9.17, 15) is 17.6 Å². The van der Waals surface area contributed by atoms with Gasteiger partial charge in [-0.1, -0.05) is 0 Å². The van der Waals surface area contributed by atoms with Gasteiger partial charge in [0.1, 0.15) is 16.7 Å². The van der Waals surface area contributed by atoms with Crippen molar-refractivity contribution in [3.05, 3.63) is 35.7 Å². The molecule has 2 rings (SSSR count). The zero-order valence-electron chi connectivity index (χ0n) is 12.0. The molecule has 1 heterocycles. The SMILES string of the molecule is N=C(N)CNC(=O)Nc1ccc(S(=O)(=O)Nc2cncs2)cc1F. The number of nitrogens with one attached hydrogen (secondary N) is 4. The molecule has 6 N–H and O–H groups in total. The summed E-state index contributed by atoms with van der Waals surface area (Å²) >= 11 is 1.08. The van der Waals surface area contributed by atoms with E-state index in [0.717, 1.165) is 29.5 Å². The smallest absolute Gasteiger partial charge is 0.319 e. The van der Waals surface area contributed by atoms with Crippen LogP contribution in [0.3, 0.4) is 0 Å². The summed E-state index contributed by atoms with van der Waals surface area (Å²) in [6.07, 6.45) is 1.33. The highest BCUT2D eigenvalue weighted by molar-refractivity contribution is 7.93. The summed E-state index contributed by atoms with van der Waals surface area (Å²) in [4.78, 5) is 14.9. The van der Waals surface area contributed by atoms with Gasteiger partial charge in [0.15, 0.2) is 0 Å². The van der Waals surface area contributed by atoms with Gasteiger partial charge in [0.2, 0.25) is 0 Å². The molecule has 0 spiro atoms. The summed E-state index contributed by atoms with van der Waals surface area (Å²) < 4.78 is 40.5. The number of anilines is 2. The number of amides is 2. The molecule has 0 aliphatic carbocycles. The molecule has 0 saturated heterocycles. The number of urea groups is 1. The highest BCUT2D eigenvalue weighted by atomic mass is 32.2. The summed E-state index contributed by atoms with van der Waals surface area (Å²) in [7, 11) is -3.97. The maximum atomic E-state index is 14.0. The fourth-order valence-corrected chi connectivity index (χ4v) is 3.38. The summed E-state index contributed by atoms with van der Waals surface area (Å²) in [6.45, 7) is -0.196. The maximum Gasteiger partial charge on any atom is 0.319 e. The maximum absolute atomic E-state index is 14.0. The first-order chi connectivity index (χ1) is 11.3. The van der Waals surface area contributed by atoms with Crippen LogP contribution in [-0.4, -0.2) is 31.8 Å². The lowest BCUT2D eigenvalue weighted by Gasteiger charge is -2.10. The monoisotopic (exact) mass is 372 g/mol. The Bertz CT molecular complexity index is 854. The van der Waals surface area contributed by atoms with Gasteiger partial charge in [-0.2, -0.15) is 0 Å². The van der Waals surface area contributed by atoms with Gasteiger partial charge in [-0.25, -0.2) is 17.6 Å². The second-order valence-corrected chi connectivity index (χ2v) is 7.01. The molecule has 0 atom stereocenters. The van der Waals surface area contributed by atoms with Crippen molar-refractivity contribution in [1.82, 2.24) is 10.3 Å². The molecule has 1 aromatic heterocycles. The number of halogens is 1. The quantitative estimate of drug-likeness (QED) is 0.381. The molecule has 0 radical (unpaired) electrons. The van der Waals surface area contributed by atoms with E-state index in [1.807, 2.05) is 0 Å². The van der Waals surface area contributed by atoms with E-state index in [0.29, 0.717) is 5.00 Å². The molecule has 0 bridgehead atoms. The van der Waals surface area contributed by atoms with Crippen LogP contribution in [-0.2, 0) is 10.0 Å². The number of hydrogen-bond donors (Lipinski definition) is 5. The lowest BCUT2D eigenvalue weighted by Crippen LogP contribution is -2.36. The lowest BCUT2D eigenvalue weighted by molar-refractivity contribution is 0.253. The Kier molecular flexibility index (Phi) is 5.31. The minimum atomic E-state index is -3.97. The van der Waals surface area contributed by atoms with Crippen LogP contribution < -0.4 is 21.1 Å². The third kappa shape index (κ3) is 4.63. The number of thiazole rings is 1. The minimum Gasteiger partial charge on any atom is -0.386 e. The van der Waals surface area contributed by atoms with Crippen molar-refractivity contribution < 1.29 is 17.6 Å². The number of rotatable bonds is 6. The highest BCUT2D eigenvalue weighted by Gasteiger charge is 2.18. The standard InChI is InChI=1S/C12H13FN6O3S2/c13-8-3-7(24(21,22)19-11-5-16-6-23-11)1-2-9(8)18-12(20)17-4-10(14)15/h1-3,5-6,19H,4H2,(H3,14,15)(H2,17,18,20). The molecule has 2 aromatic rings. The van der Waals surface area contributed by atoms with E-state index < -0.39 is 21.9 Å². The number of nitrogens with zero attached hydrogens (tertiary/aromatic N) is 1. The molecule has 128 valence electrons. The number of benzene rings is 1. The summed E-state index contributed by atoms with van der Waals surface area (Å²) in [6, 6.07) is 2.27. The van der Waals surface area contributed by atoms with E-state index in [4.69, 9.17) is 11.1 Å². The van der Waals surface area contributed by atoms with Gasteiger partial charge in [0.05, 0.1) is 28.8 Å². The van der Waals surface area contributed by atoms with Crippen LogP contribution in [0.15, 0.2) is 34.8 Å². The van der Waals surface area contributed by atoms with Crippen LogP contribution in [0, 0.1) is 11.2 Å². The van der Waals surface area contributed by atoms with Gasteiger partial charge < -0.3 is 16.4 Å². The summed E-state index contributed by atoms with van der Waals surface area (Å²) in [5.74, 6) is -1.19. The largest absolute Gasteiger partial charge is 0.386 e. The van der Waals surface area contributed by atoms with Crippen LogP contribution in [0.5, 0.6) is 0 Å². The van der Waals surface area contributed by atoms with Crippen LogP contribution in [0.4, 0.5) is 19.9 Å². The van der Waals surface area contributed by atoms with Crippen LogP contribution in [0.25, 0.3) is 0 Å². The predicted octanol–water partition coefficient (Wildman–Crippen LogP) is 1.14. The number of aromatic nitrogens is 1. The molecule has 1 aromatic carbocycles. The van der Waals surface area contributed by atoms with Crippen molar-refractivity contribution >= 4 is 43.9 Å². The second kappa shape index (κ2) is 7.23. The fourth-order valence-electron chi connectivity index (χ4n) is 1.56. The Morgan fingerprint density at radius 1 is 1.42 bits per heavy atom. The Balaban J connectivity index is 2.11. The number of carbonyl (C=O) groups is 1. The molecule has 0 aliphatic rings. The van der Waals surface area contributed by atoms with Gasteiger partial charge in [-0.15, -0.1) is 11.3 Å². The van der Waals surface area contributed by atoms with Crippen molar-refractivity contribution in [3.63, 3.8) is 0 Å². The van der Waals surface area contributed by atoms with E-state index in [-0.39, 0.29) is 23.0 Å². The molecule has 2 amide bonds. The summed E-state index contributed by atoms with van der Waals surface area (Å²) in [5.41, 5.74) is 6.31. The van der Waals surface area contributed by atoms with Crippen molar-refractivity contribution in [1.29, 1.82) is 5.41 Å². The van der Waals surface area contributed by atoms with Gasteiger partial charge in [-0.05, 0) is 18.2 Å². The van der Waals surface area contributed by atoms with Crippen molar-refractivity contribution in [2.45, 2.75) is 4.90 Å². The van der Waals surface area contributed by atoms with Crippen LogP contribution >= 0.6 is 11.3 Å². The molecule has 9 nitrogen and oxygen atoms in total. The fraction of sp³-hybridized carbons (Fsp3) is 0.0833. The topological polar surface area (TPSA) is 150 Å². The Morgan fingerprint density at radius 2 is 2.17 bits per heavy atom. The van der Waals surface area contributed by atoms with E-state index in [2.05, 4.69) is 20.3 Å². The Hall–Kier alpha value is -2.73. The molecular formula is C12H13FN6O3S2. The van der Waals surface area contributed by atoms with Crippen molar-refractivity contribution in [2.24, 2.45) is 5.73 Å². The average Bonchev–Trinajstić information content (AvgIpc) is 2.99. The number of carbonyl (C=O) groups excluding carboxylic acids is 1. The van der Waals surface area contributed by atoms with Crippen LogP contribution in [0.2, 0.25) is 0 Å². The summed E-state index contributed by atoms with van der Waals surface area (Å²) in [5, 5.41) is 11.7. The number of sulfonamides is 1. The average molecular weight is 372 g/mol. The first kappa shape index (κ1) is 17.6. The molecule has 0 fully saturated rings. The van der Waals surface area contributed by atoms with E-state index >= 15 is 0 Å². The number of amidine groups is 1. The highest BCUT2D eigenvalue weighted by Crippen LogP contribution is 2.22. The van der Waals surface area contributed by atoms with Crippen molar-refractivity contribution in [2.75, 3.05) is 16.6 Å². The molecule has 0 unspecified atom stereocenters. The third-order valence-electron chi connectivity index (χ3n) is 2.61. The zero-order valence-corrected chi connectivity index (χ0v) is 13.7. The van der Waals surface area contributed by atoms with E-state index in [1.165, 1.54) is 11.7 Å². The Morgan fingerprint density at radius 3 is 2.75 bits per heavy atom. The van der Waals surface area contributed by atoms with Gasteiger partial charge in [0, 0.05) is 0 Å². The number of nitrogens with two attached hydrogens (primary N) is 1. The first-order valence-electron chi connectivity index (χ1n) is 6.36. The van der Waals surface area contributed by atoms with Gasteiger partial charge in [-0.3, -0.25) is 15.1 Å². The first-order valence-corrected chi connectivity index (χ1v) is 8.73. The Labute approximate surface area is 140 Å². The van der Waals surface area contributed by atoms with E-state index in [1.54, 1.807) is 0 Å². The molecule has 24 heavy (non-hydrogen) atoms. The minimum absolute atomic E-state index is 0.196. The zero-order chi connectivity index (χ0) is 17.7. The molecular weight excluding hydrogens is 359 g/mol. The number of hydrogen-bond acceptors (Lipinski definition) is 6. The van der Waals surface area contributed by atoms with Gasteiger partial charge >= 0.3 is 6.03 Å². The molecule has 12 heteroatoms. The third-order valence-corrected chi connectivity index (χ3v) is 4.79. The molecule has 0 aliphatic heterocycles. The van der Waals surface area contributed by atoms with Crippen molar-refractivity contribution in [3.8, 4) is 0 Å².